The number of hydrogen-bond acceptors (Lipinski definition) is 5. The normalized spacial score (nSPS) is 10.5. The van der Waals surface area contributed by atoms with Crippen LogP contribution in [0.1, 0.15) is 9.67 Å². The lowest BCUT2D eigenvalue weighted by Gasteiger charge is -1.94. The quantitative estimate of drug-likeness (QED) is 0.697. The zero-order valence-electron chi connectivity index (χ0n) is 7.44. The van der Waals surface area contributed by atoms with Crippen LogP contribution in [0.25, 0.3) is 0 Å². The molecule has 0 radical (unpaired) electrons. The van der Waals surface area contributed by atoms with E-state index >= 15 is 0 Å². The summed E-state index contributed by atoms with van der Waals surface area (Å²) < 4.78 is 0.968. The zero-order chi connectivity index (χ0) is 10.7. The van der Waals surface area contributed by atoms with E-state index in [-0.39, 0.29) is 5.78 Å². The van der Waals surface area contributed by atoms with Gasteiger partial charge in [0.15, 0.2) is 10.9 Å². The van der Waals surface area contributed by atoms with Crippen molar-refractivity contribution in [2.24, 2.45) is 0 Å². The number of H-pyrrole nitrogens is 1. The lowest BCUT2D eigenvalue weighted by Crippen LogP contribution is -1.99. The summed E-state index contributed by atoms with van der Waals surface area (Å²) in [6, 6.07) is 3.69. The number of nitrogens with zero attached hydrogens (tertiary/aromatic N) is 2. The number of nitrogens with one attached hydrogen (secondary N) is 1. The van der Waals surface area contributed by atoms with E-state index in [4.69, 9.17) is 0 Å². The number of carbonyl (C=O) groups is 1. The summed E-state index contributed by atoms with van der Waals surface area (Å²) in [4.78, 5) is 16.3. The van der Waals surface area contributed by atoms with Crippen molar-refractivity contribution in [2.45, 2.75) is 5.16 Å². The van der Waals surface area contributed by atoms with Crippen LogP contribution in [-0.4, -0.2) is 26.7 Å². The third-order valence-corrected chi connectivity index (χ3v) is 4.12. The van der Waals surface area contributed by atoms with Crippen molar-refractivity contribution in [2.75, 3.05) is 5.75 Å². The smallest absolute Gasteiger partial charge is 0.183 e. The van der Waals surface area contributed by atoms with E-state index in [0.29, 0.717) is 10.9 Å². The molecule has 2 heterocycles. The standard InChI is InChI=1S/C8H6BrN3OS2/c9-7-2-1-6(15-7)5(13)3-14-8-10-4-11-12-8/h1-2,4H,3H2,(H,10,11,12). The van der Waals surface area contributed by atoms with Gasteiger partial charge in [0, 0.05) is 0 Å². The molecule has 0 saturated heterocycles. The van der Waals surface area contributed by atoms with Crippen LogP contribution in [0, 0.1) is 0 Å². The molecule has 4 nitrogen and oxygen atoms in total. The molecule has 0 saturated carbocycles. The maximum atomic E-state index is 11.7. The molecule has 0 aliphatic carbocycles. The van der Waals surface area contributed by atoms with Gasteiger partial charge in [-0.25, -0.2) is 4.98 Å². The molecule has 0 aliphatic rings. The van der Waals surface area contributed by atoms with E-state index in [1.807, 2.05) is 12.1 Å². The summed E-state index contributed by atoms with van der Waals surface area (Å²) >= 11 is 6.11. The summed E-state index contributed by atoms with van der Waals surface area (Å²) in [5.74, 6) is 0.481. The van der Waals surface area contributed by atoms with E-state index < -0.39 is 0 Å². The molecule has 0 amide bonds. The van der Waals surface area contributed by atoms with Gasteiger partial charge in [0.2, 0.25) is 0 Å². The Labute approximate surface area is 103 Å². The molecule has 1 N–H and O–H groups in total. The highest BCUT2D eigenvalue weighted by molar-refractivity contribution is 9.11. The average Bonchev–Trinajstić information content (AvgIpc) is 2.84. The molecule has 2 aromatic rings. The number of thiophene rings is 1. The van der Waals surface area contributed by atoms with Crippen LogP contribution in [0.2, 0.25) is 0 Å². The zero-order valence-corrected chi connectivity index (χ0v) is 10.7. The fourth-order valence-electron chi connectivity index (χ4n) is 0.933. The van der Waals surface area contributed by atoms with Gasteiger partial charge in [-0.2, -0.15) is 5.10 Å². The van der Waals surface area contributed by atoms with E-state index in [9.17, 15) is 4.79 Å². The first kappa shape index (κ1) is 10.8. The van der Waals surface area contributed by atoms with Crippen LogP contribution in [0.15, 0.2) is 27.4 Å². The summed E-state index contributed by atoms with van der Waals surface area (Å²) in [5.41, 5.74) is 0. The van der Waals surface area contributed by atoms with Crippen LogP contribution in [-0.2, 0) is 0 Å². The molecule has 0 aliphatic heterocycles. The first-order valence-corrected chi connectivity index (χ1v) is 6.62. The number of rotatable bonds is 4. The number of hydrogen-bond donors (Lipinski definition) is 1. The fourth-order valence-corrected chi connectivity index (χ4v) is 3.01. The first-order valence-electron chi connectivity index (χ1n) is 4.02. The molecule has 0 atom stereocenters. The molecule has 0 bridgehead atoms. The highest BCUT2D eigenvalue weighted by Gasteiger charge is 2.09. The number of Topliss-reactive ketones (excluding diaryl/α,β-unsaturated/α-hetero) is 1. The van der Waals surface area contributed by atoms with Crippen molar-refractivity contribution in [1.29, 1.82) is 0 Å². The summed E-state index contributed by atoms with van der Waals surface area (Å²) in [6.45, 7) is 0. The van der Waals surface area contributed by atoms with Crippen LogP contribution in [0.5, 0.6) is 0 Å². The van der Waals surface area contributed by atoms with Crippen LogP contribution in [0.4, 0.5) is 0 Å². The highest BCUT2D eigenvalue weighted by Crippen LogP contribution is 2.24. The van der Waals surface area contributed by atoms with Gasteiger partial charge in [-0.1, -0.05) is 11.8 Å². The molecule has 0 aromatic carbocycles. The molecule has 15 heavy (non-hydrogen) atoms. The SMILES string of the molecule is O=C(CSc1ncn[nH]1)c1ccc(Br)s1. The second-order valence-corrected chi connectivity index (χ2v) is 6.03. The lowest BCUT2D eigenvalue weighted by molar-refractivity contribution is 0.102. The molecule has 2 aromatic heterocycles. The summed E-state index contributed by atoms with van der Waals surface area (Å²) in [6.07, 6.45) is 1.43. The van der Waals surface area contributed by atoms with Gasteiger partial charge in [-0.3, -0.25) is 9.89 Å². The van der Waals surface area contributed by atoms with Crippen molar-refractivity contribution in [3.63, 3.8) is 0 Å². The van der Waals surface area contributed by atoms with Gasteiger partial charge in [0.1, 0.15) is 6.33 Å². The third kappa shape index (κ3) is 2.90. The van der Waals surface area contributed by atoms with Crippen molar-refractivity contribution < 1.29 is 4.79 Å². The lowest BCUT2D eigenvalue weighted by atomic mass is 10.4. The van der Waals surface area contributed by atoms with Crippen LogP contribution >= 0.6 is 39.0 Å². The van der Waals surface area contributed by atoms with E-state index in [2.05, 4.69) is 31.1 Å². The predicted molar refractivity (Wildman–Crippen MR) is 63.5 cm³/mol. The second kappa shape index (κ2) is 4.91. The van der Waals surface area contributed by atoms with E-state index in [1.54, 1.807) is 0 Å². The number of thioether (sulfide) groups is 1. The average molecular weight is 304 g/mol. The van der Waals surface area contributed by atoms with Crippen molar-refractivity contribution >= 4 is 44.8 Å². The molecule has 7 heteroatoms. The van der Waals surface area contributed by atoms with Crippen molar-refractivity contribution in [3.8, 4) is 0 Å². The molecular formula is C8H6BrN3OS2. The Hall–Kier alpha value is -0.660. The van der Waals surface area contributed by atoms with Crippen LogP contribution in [0.3, 0.4) is 0 Å². The van der Waals surface area contributed by atoms with Crippen LogP contribution < -0.4 is 0 Å². The number of ketones is 1. The Morgan fingerprint density at radius 1 is 1.60 bits per heavy atom. The monoisotopic (exact) mass is 303 g/mol. The fraction of sp³-hybridized carbons (Fsp3) is 0.125. The molecule has 2 rings (SSSR count). The molecular weight excluding hydrogens is 298 g/mol. The third-order valence-electron chi connectivity index (χ3n) is 1.58. The predicted octanol–water partition coefficient (Wildman–Crippen LogP) is 2.60. The molecule has 0 unspecified atom stereocenters. The maximum Gasteiger partial charge on any atom is 0.183 e. The Balaban J connectivity index is 1.93. The number of aromatic nitrogens is 3. The second-order valence-electron chi connectivity index (χ2n) is 2.61. The van der Waals surface area contributed by atoms with Gasteiger partial charge >= 0.3 is 0 Å². The van der Waals surface area contributed by atoms with E-state index in [0.717, 1.165) is 8.66 Å². The van der Waals surface area contributed by atoms with Gasteiger partial charge in [0.25, 0.3) is 0 Å². The minimum atomic E-state index is 0.104. The van der Waals surface area contributed by atoms with Gasteiger partial charge in [0.05, 0.1) is 14.4 Å². The molecule has 0 fully saturated rings. The minimum absolute atomic E-state index is 0.104. The number of aromatic amines is 1. The molecule has 78 valence electrons. The van der Waals surface area contributed by atoms with Gasteiger partial charge < -0.3 is 0 Å². The Bertz CT molecular complexity index is 454. The Kier molecular flexibility index (Phi) is 3.55. The maximum absolute atomic E-state index is 11.7. The number of carbonyl (C=O) groups excluding carboxylic acids is 1. The largest absolute Gasteiger partial charge is 0.292 e. The highest BCUT2D eigenvalue weighted by atomic mass is 79.9. The van der Waals surface area contributed by atoms with Crippen molar-refractivity contribution in [1.82, 2.24) is 15.2 Å². The topological polar surface area (TPSA) is 58.6 Å². The Morgan fingerprint density at radius 3 is 3.07 bits per heavy atom. The Morgan fingerprint density at radius 2 is 2.47 bits per heavy atom. The van der Waals surface area contributed by atoms with Gasteiger partial charge in [-0.05, 0) is 28.1 Å². The van der Waals surface area contributed by atoms with Gasteiger partial charge in [-0.15, -0.1) is 11.3 Å². The first-order chi connectivity index (χ1) is 7.25. The summed E-state index contributed by atoms with van der Waals surface area (Å²) in [7, 11) is 0. The van der Waals surface area contributed by atoms with Crippen molar-refractivity contribution in [3.05, 3.63) is 27.1 Å². The number of halogens is 1. The van der Waals surface area contributed by atoms with E-state index in [1.165, 1.54) is 29.4 Å². The minimum Gasteiger partial charge on any atom is -0.292 e. The summed E-state index contributed by atoms with van der Waals surface area (Å²) in [5, 5.41) is 7.06. The molecule has 0 spiro atoms.